The van der Waals surface area contributed by atoms with Gasteiger partial charge in [0.1, 0.15) is 18.2 Å². The van der Waals surface area contributed by atoms with E-state index in [1.165, 1.54) is 11.2 Å². The fourth-order valence-corrected chi connectivity index (χ4v) is 5.01. The number of amides is 1. The van der Waals surface area contributed by atoms with Crippen LogP contribution < -0.4 is 10.5 Å². The van der Waals surface area contributed by atoms with Crippen LogP contribution in [0.1, 0.15) is 25.3 Å². The number of nitrogens with two attached hydrogens (primary N) is 1. The molecule has 0 aliphatic carbocycles. The molecule has 29 heavy (non-hydrogen) atoms. The highest BCUT2D eigenvalue weighted by Crippen LogP contribution is 2.59. The number of fused-ring (bicyclic) bond motifs is 4. The second kappa shape index (κ2) is 6.25. The predicted octanol–water partition coefficient (Wildman–Crippen LogP) is 1.70. The fraction of sp³-hybridized carbons (Fsp3) is 0.429. The summed E-state index contributed by atoms with van der Waals surface area (Å²) in [6, 6.07) is 5.83. The van der Waals surface area contributed by atoms with Crippen molar-refractivity contribution in [3.8, 4) is 16.9 Å². The summed E-state index contributed by atoms with van der Waals surface area (Å²) in [4.78, 5) is 28.2. The Morgan fingerprint density at radius 1 is 1.28 bits per heavy atom. The molecule has 1 aromatic carbocycles. The second-order valence-electron chi connectivity index (χ2n) is 7.84. The Morgan fingerprint density at radius 2 is 2.07 bits per heavy atom. The SMILES string of the molecule is CC[C@@]12COCCC1Oc1ccc(-c3cncnc3)cc1C21N=C(N)N(C)C1=O. The van der Waals surface area contributed by atoms with Crippen LogP contribution in [0.25, 0.3) is 11.1 Å². The number of carbonyl (C=O) groups is 1. The number of nitrogens with zero attached hydrogens (tertiary/aromatic N) is 4. The minimum Gasteiger partial charge on any atom is -0.489 e. The topological polar surface area (TPSA) is 103 Å². The smallest absolute Gasteiger partial charge is 0.262 e. The number of guanidine groups is 1. The zero-order valence-electron chi connectivity index (χ0n) is 16.5. The molecule has 8 nitrogen and oxygen atoms in total. The van der Waals surface area contributed by atoms with Crippen molar-refractivity contribution in [1.29, 1.82) is 0 Å². The minimum atomic E-state index is -1.18. The molecule has 0 radical (unpaired) electrons. The van der Waals surface area contributed by atoms with Gasteiger partial charge in [0.2, 0.25) is 0 Å². The largest absolute Gasteiger partial charge is 0.489 e. The quantitative estimate of drug-likeness (QED) is 0.833. The lowest BCUT2D eigenvalue weighted by Crippen LogP contribution is -2.64. The van der Waals surface area contributed by atoms with Gasteiger partial charge in [0.05, 0.1) is 18.6 Å². The van der Waals surface area contributed by atoms with Gasteiger partial charge in [-0.15, -0.1) is 0 Å². The molecule has 150 valence electrons. The molecule has 3 aliphatic heterocycles. The first-order chi connectivity index (χ1) is 14.0. The number of hydrogen-bond acceptors (Lipinski definition) is 7. The highest BCUT2D eigenvalue weighted by atomic mass is 16.5. The van der Waals surface area contributed by atoms with Crippen LogP contribution in [-0.2, 0) is 15.1 Å². The lowest BCUT2D eigenvalue weighted by Gasteiger charge is -2.54. The van der Waals surface area contributed by atoms with Crippen molar-refractivity contribution in [1.82, 2.24) is 14.9 Å². The summed E-state index contributed by atoms with van der Waals surface area (Å²) in [5.74, 6) is 0.744. The van der Waals surface area contributed by atoms with E-state index in [0.717, 1.165) is 16.7 Å². The van der Waals surface area contributed by atoms with Crippen LogP contribution in [0.4, 0.5) is 0 Å². The Balaban J connectivity index is 1.79. The standard InChI is InChI=1S/C21H23N5O3/c1-3-20-11-28-7-6-17(20)29-16-5-4-13(14-9-23-12-24-10-14)8-15(16)21(20)18(27)26(2)19(22)25-21/h4-5,8-10,12,17H,3,6-7,11H2,1-2H3,(H2,22,25)/t17?,20-,21?/m1/s1. The minimum absolute atomic E-state index is 0.140. The summed E-state index contributed by atoms with van der Waals surface area (Å²) < 4.78 is 12.3. The normalized spacial score (nSPS) is 30.6. The van der Waals surface area contributed by atoms with Crippen LogP contribution in [0.15, 0.2) is 41.9 Å². The first-order valence-electron chi connectivity index (χ1n) is 9.81. The molecule has 1 spiro atoms. The van der Waals surface area contributed by atoms with E-state index in [9.17, 15) is 4.79 Å². The Hall–Kier alpha value is -3.00. The van der Waals surface area contributed by atoms with Crippen molar-refractivity contribution in [2.24, 2.45) is 16.1 Å². The summed E-state index contributed by atoms with van der Waals surface area (Å²) in [7, 11) is 1.67. The average molecular weight is 393 g/mol. The van der Waals surface area contributed by atoms with Crippen molar-refractivity contribution in [2.75, 3.05) is 20.3 Å². The number of likely N-dealkylation sites (N-methyl/N-ethyl adjacent to an activating group) is 1. The van der Waals surface area contributed by atoms with Gasteiger partial charge in [0.15, 0.2) is 11.5 Å². The zero-order valence-corrected chi connectivity index (χ0v) is 16.5. The Bertz CT molecular complexity index is 1010. The number of ether oxygens (including phenoxy) is 2. The Kier molecular flexibility index (Phi) is 3.89. The maximum Gasteiger partial charge on any atom is 0.262 e. The van der Waals surface area contributed by atoms with E-state index in [1.807, 2.05) is 18.2 Å². The molecule has 1 amide bonds. The molecule has 8 heteroatoms. The van der Waals surface area contributed by atoms with Crippen LogP contribution in [0.2, 0.25) is 0 Å². The third-order valence-electron chi connectivity index (χ3n) is 6.62. The van der Waals surface area contributed by atoms with Gasteiger partial charge in [0, 0.05) is 37.0 Å². The van der Waals surface area contributed by atoms with Gasteiger partial charge >= 0.3 is 0 Å². The second-order valence-corrected chi connectivity index (χ2v) is 7.84. The number of carbonyl (C=O) groups excluding carboxylic acids is 1. The van der Waals surface area contributed by atoms with Gasteiger partial charge in [-0.3, -0.25) is 9.69 Å². The monoisotopic (exact) mass is 393 g/mol. The van der Waals surface area contributed by atoms with E-state index >= 15 is 0 Å². The van der Waals surface area contributed by atoms with Gasteiger partial charge < -0.3 is 15.2 Å². The maximum absolute atomic E-state index is 13.7. The van der Waals surface area contributed by atoms with Crippen LogP contribution in [0, 0.1) is 5.41 Å². The number of hydrogen-bond donors (Lipinski definition) is 1. The van der Waals surface area contributed by atoms with Gasteiger partial charge in [-0.05, 0) is 24.1 Å². The number of benzene rings is 1. The molecule has 4 heterocycles. The van der Waals surface area contributed by atoms with Gasteiger partial charge in [-0.2, -0.15) is 0 Å². The fourth-order valence-electron chi connectivity index (χ4n) is 5.01. The lowest BCUT2D eigenvalue weighted by atomic mass is 9.58. The molecule has 0 saturated carbocycles. The number of aromatic nitrogens is 2. The first-order valence-corrected chi connectivity index (χ1v) is 9.81. The summed E-state index contributed by atoms with van der Waals surface area (Å²) in [6.07, 6.45) is 6.18. The summed E-state index contributed by atoms with van der Waals surface area (Å²) in [5.41, 5.74) is 6.84. The molecule has 1 aromatic heterocycles. The summed E-state index contributed by atoms with van der Waals surface area (Å²) >= 11 is 0. The van der Waals surface area contributed by atoms with Gasteiger partial charge in [-0.25, -0.2) is 15.0 Å². The molecular formula is C21H23N5O3. The van der Waals surface area contributed by atoms with Gasteiger partial charge in [0.25, 0.3) is 5.91 Å². The molecule has 3 aliphatic rings. The lowest BCUT2D eigenvalue weighted by molar-refractivity contribution is -0.165. The van der Waals surface area contributed by atoms with Crippen LogP contribution >= 0.6 is 0 Å². The highest BCUT2D eigenvalue weighted by molar-refractivity contribution is 6.08. The Labute approximate surface area is 168 Å². The summed E-state index contributed by atoms with van der Waals surface area (Å²) in [6.45, 7) is 3.05. The van der Waals surface area contributed by atoms with Crippen molar-refractivity contribution in [3.63, 3.8) is 0 Å². The van der Waals surface area contributed by atoms with Crippen molar-refractivity contribution in [3.05, 3.63) is 42.5 Å². The molecular weight excluding hydrogens is 370 g/mol. The van der Waals surface area contributed by atoms with Crippen LogP contribution in [-0.4, -0.2) is 53.1 Å². The molecule has 3 atom stereocenters. The molecule has 0 bridgehead atoms. The number of aliphatic imine (C=N–C) groups is 1. The zero-order chi connectivity index (χ0) is 20.2. The van der Waals surface area contributed by atoms with E-state index in [0.29, 0.717) is 31.8 Å². The molecule has 1 fully saturated rings. The number of rotatable bonds is 2. The third-order valence-corrected chi connectivity index (χ3v) is 6.62. The van der Waals surface area contributed by atoms with Gasteiger partial charge in [-0.1, -0.05) is 13.0 Å². The maximum atomic E-state index is 13.7. The molecule has 2 N–H and O–H groups in total. The van der Waals surface area contributed by atoms with E-state index in [1.54, 1.807) is 19.4 Å². The van der Waals surface area contributed by atoms with Crippen molar-refractivity contribution >= 4 is 11.9 Å². The van der Waals surface area contributed by atoms with Crippen LogP contribution in [0.3, 0.4) is 0 Å². The van der Waals surface area contributed by atoms with Crippen molar-refractivity contribution in [2.45, 2.75) is 31.4 Å². The molecule has 2 aromatic rings. The van der Waals surface area contributed by atoms with Crippen LogP contribution in [0.5, 0.6) is 5.75 Å². The highest BCUT2D eigenvalue weighted by Gasteiger charge is 2.68. The molecule has 1 saturated heterocycles. The third kappa shape index (κ3) is 2.23. The van der Waals surface area contributed by atoms with E-state index < -0.39 is 11.0 Å². The van der Waals surface area contributed by atoms with Crippen molar-refractivity contribution < 1.29 is 14.3 Å². The predicted molar refractivity (Wildman–Crippen MR) is 106 cm³/mol. The van der Waals surface area contributed by atoms with E-state index in [4.69, 9.17) is 20.2 Å². The molecule has 2 unspecified atom stereocenters. The Morgan fingerprint density at radius 3 is 2.76 bits per heavy atom. The first kappa shape index (κ1) is 18.1. The van der Waals surface area contributed by atoms with E-state index in [-0.39, 0.29) is 18.0 Å². The van der Waals surface area contributed by atoms with E-state index in [2.05, 4.69) is 16.9 Å². The molecule has 5 rings (SSSR count). The summed E-state index contributed by atoms with van der Waals surface area (Å²) in [5, 5.41) is 0. The average Bonchev–Trinajstić information content (AvgIpc) is 2.99.